The Morgan fingerprint density at radius 1 is 0.895 bits per heavy atom. The Balaban J connectivity index is 1.28. The van der Waals surface area contributed by atoms with Crippen molar-refractivity contribution in [2.24, 2.45) is 52.8 Å². The van der Waals surface area contributed by atoms with Crippen LogP contribution in [0.4, 0.5) is 0 Å². The molecule has 4 fully saturated rings. The molecule has 0 unspecified atom stereocenters. The predicted molar refractivity (Wildman–Crippen MR) is 156 cm³/mol. The van der Waals surface area contributed by atoms with E-state index in [0.29, 0.717) is 11.3 Å². The highest BCUT2D eigenvalue weighted by Gasteiger charge is 2.60. The summed E-state index contributed by atoms with van der Waals surface area (Å²) in [7, 11) is -3.77. The topological polar surface area (TPSA) is 43.4 Å². The summed E-state index contributed by atoms with van der Waals surface area (Å²) in [5, 5.41) is 0. The molecule has 0 radical (unpaired) electrons. The summed E-state index contributed by atoms with van der Waals surface area (Å²) in [6.07, 6.45) is 15.8. The number of rotatable bonds is 8. The lowest BCUT2D eigenvalue weighted by atomic mass is 9.46. The fraction of sp³-hybridized carbons (Fsp3) is 0.824. The predicted octanol–water partition coefficient (Wildman–Crippen LogP) is 9.19. The van der Waals surface area contributed by atoms with E-state index in [-0.39, 0.29) is 10.8 Å². The Labute approximate surface area is 234 Å². The molecule has 4 aliphatic carbocycles. The summed E-state index contributed by atoms with van der Waals surface area (Å²) in [6, 6.07) is 7.09. The molecule has 0 N–H and O–H groups in total. The van der Waals surface area contributed by atoms with E-state index in [9.17, 15) is 8.42 Å². The van der Waals surface area contributed by atoms with Crippen LogP contribution < -0.4 is 0 Å². The van der Waals surface area contributed by atoms with Crippen LogP contribution in [0, 0.1) is 59.7 Å². The van der Waals surface area contributed by atoms with Gasteiger partial charge in [0.2, 0.25) is 0 Å². The van der Waals surface area contributed by atoms with Crippen molar-refractivity contribution in [1.82, 2.24) is 0 Å². The molecule has 0 aromatic heterocycles. The van der Waals surface area contributed by atoms with Crippen molar-refractivity contribution in [2.45, 2.75) is 129 Å². The first-order valence-corrected chi connectivity index (χ1v) is 17.4. The largest absolute Gasteiger partial charge is 0.297 e. The van der Waals surface area contributed by atoms with Crippen molar-refractivity contribution in [3.63, 3.8) is 0 Å². The third-order valence-corrected chi connectivity index (χ3v) is 14.1. The van der Waals surface area contributed by atoms with Crippen molar-refractivity contribution >= 4 is 10.1 Å². The maximum absolute atomic E-state index is 13.3. The standard InChI is InChI=1S/C34H54O3S/c1-7-8-9-10-24(3)27-19-21-33(5)31(27)18-16-30-29-20-22-34(6,25(4)28(29)15-17-32(30)33)37-38(35,36)26-13-11-23(2)12-14-26/h11-14,24-25,27-32H,7-10,15-22H2,1-6H3/t24-,25-,27-,28+,29-,30+,31+,32-,33-,34-/m0/s1. The molecule has 4 heteroatoms. The average molecular weight is 543 g/mol. The molecule has 38 heavy (non-hydrogen) atoms. The normalized spacial score (nSPS) is 41.7. The number of fused-ring (bicyclic) bond motifs is 5. The molecule has 4 aliphatic rings. The molecule has 214 valence electrons. The van der Waals surface area contributed by atoms with Gasteiger partial charge in [0.15, 0.2) is 0 Å². The summed E-state index contributed by atoms with van der Waals surface area (Å²) in [5.41, 5.74) is 0.960. The van der Waals surface area contributed by atoms with Crippen LogP contribution in [0.3, 0.4) is 0 Å². The number of unbranched alkanes of at least 4 members (excludes halogenated alkanes) is 2. The van der Waals surface area contributed by atoms with Crippen LogP contribution in [0.5, 0.6) is 0 Å². The first kappa shape index (κ1) is 28.7. The summed E-state index contributed by atoms with van der Waals surface area (Å²) >= 11 is 0. The zero-order valence-corrected chi connectivity index (χ0v) is 25.9. The van der Waals surface area contributed by atoms with E-state index in [1.165, 1.54) is 64.2 Å². The average Bonchev–Trinajstić information content (AvgIpc) is 3.24. The van der Waals surface area contributed by atoms with Crippen LogP contribution in [-0.4, -0.2) is 14.0 Å². The molecule has 10 atom stereocenters. The molecule has 0 heterocycles. The lowest BCUT2D eigenvalue weighted by molar-refractivity contribution is -0.128. The van der Waals surface area contributed by atoms with E-state index in [1.807, 2.05) is 19.1 Å². The van der Waals surface area contributed by atoms with Crippen LogP contribution in [0.15, 0.2) is 29.2 Å². The summed E-state index contributed by atoms with van der Waals surface area (Å²) < 4.78 is 32.7. The molecule has 0 amide bonds. The maximum Gasteiger partial charge on any atom is 0.297 e. The number of hydrogen-bond acceptors (Lipinski definition) is 3. The maximum atomic E-state index is 13.3. The number of aryl methyl sites for hydroxylation is 1. The lowest BCUT2D eigenvalue weighted by Gasteiger charge is -2.60. The fourth-order valence-electron chi connectivity index (χ4n) is 10.3. The minimum atomic E-state index is -3.77. The monoisotopic (exact) mass is 542 g/mol. The highest BCUT2D eigenvalue weighted by molar-refractivity contribution is 7.86. The highest BCUT2D eigenvalue weighted by atomic mass is 32.2. The van der Waals surface area contributed by atoms with Crippen LogP contribution in [-0.2, 0) is 14.3 Å². The zero-order valence-electron chi connectivity index (χ0n) is 25.0. The molecule has 1 aromatic carbocycles. The third-order valence-electron chi connectivity index (χ3n) is 12.6. The Morgan fingerprint density at radius 3 is 2.29 bits per heavy atom. The second-order valence-corrected chi connectivity index (χ2v) is 16.1. The number of benzene rings is 1. The smallest absolute Gasteiger partial charge is 0.260 e. The van der Waals surface area contributed by atoms with Crippen LogP contribution in [0.25, 0.3) is 0 Å². The molecular weight excluding hydrogens is 488 g/mol. The summed E-state index contributed by atoms with van der Waals surface area (Å²) in [6.45, 7) is 13.9. The second-order valence-electron chi connectivity index (χ2n) is 14.5. The second kappa shape index (κ2) is 10.8. The minimum absolute atomic E-state index is 0.253. The van der Waals surface area contributed by atoms with Gasteiger partial charge in [0.05, 0.1) is 10.5 Å². The van der Waals surface area contributed by atoms with Gasteiger partial charge >= 0.3 is 0 Å². The van der Waals surface area contributed by atoms with Crippen LogP contribution >= 0.6 is 0 Å². The van der Waals surface area contributed by atoms with E-state index >= 15 is 0 Å². The first-order valence-electron chi connectivity index (χ1n) is 16.0. The molecule has 0 aliphatic heterocycles. The molecule has 3 nitrogen and oxygen atoms in total. The Kier molecular flexibility index (Phi) is 8.17. The third kappa shape index (κ3) is 5.04. The van der Waals surface area contributed by atoms with Crippen molar-refractivity contribution in [1.29, 1.82) is 0 Å². The summed E-state index contributed by atoms with van der Waals surface area (Å²) in [4.78, 5) is 0.285. The fourth-order valence-corrected chi connectivity index (χ4v) is 11.6. The van der Waals surface area contributed by atoms with Crippen molar-refractivity contribution in [2.75, 3.05) is 0 Å². The van der Waals surface area contributed by atoms with Gasteiger partial charge < -0.3 is 0 Å². The van der Waals surface area contributed by atoms with Crippen molar-refractivity contribution < 1.29 is 12.6 Å². The molecule has 5 rings (SSSR count). The van der Waals surface area contributed by atoms with E-state index in [2.05, 4.69) is 34.6 Å². The molecular formula is C34H54O3S. The van der Waals surface area contributed by atoms with Gasteiger partial charge in [-0.25, -0.2) is 0 Å². The zero-order chi connectivity index (χ0) is 27.3. The van der Waals surface area contributed by atoms with Crippen LogP contribution in [0.1, 0.15) is 117 Å². The lowest BCUT2D eigenvalue weighted by Crippen LogP contribution is -2.55. The van der Waals surface area contributed by atoms with Gasteiger partial charge in [0.25, 0.3) is 10.1 Å². The van der Waals surface area contributed by atoms with E-state index in [4.69, 9.17) is 4.18 Å². The Morgan fingerprint density at radius 2 is 1.58 bits per heavy atom. The van der Waals surface area contributed by atoms with Crippen molar-refractivity contribution in [3.05, 3.63) is 29.8 Å². The van der Waals surface area contributed by atoms with Crippen LogP contribution in [0.2, 0.25) is 0 Å². The molecule has 1 aromatic rings. The molecule has 4 saturated carbocycles. The Hall–Kier alpha value is -0.870. The highest BCUT2D eigenvalue weighted by Crippen LogP contribution is 2.67. The Bertz CT molecular complexity index is 1060. The quantitative estimate of drug-likeness (QED) is 0.243. The van der Waals surface area contributed by atoms with Gasteiger partial charge in [0.1, 0.15) is 0 Å². The van der Waals surface area contributed by atoms with Gasteiger partial charge in [0, 0.05) is 0 Å². The SMILES string of the molecule is CCCCC[C@H](C)[C@@H]1CC[C@@]2(C)[C@@H]1CC[C@@H]1[C@H]3CC[C@](C)(OS(=O)(=O)c4ccc(C)cc4)[C@@H](C)[C@H]3CC[C@@H]12. The van der Waals surface area contributed by atoms with Gasteiger partial charge in [-0.05, 0) is 130 Å². The number of hydrogen-bond donors (Lipinski definition) is 0. The van der Waals surface area contributed by atoms with E-state index in [1.54, 1.807) is 12.1 Å². The summed E-state index contributed by atoms with van der Waals surface area (Å²) in [5.74, 6) is 5.99. The molecule has 0 spiro atoms. The molecule has 0 bridgehead atoms. The van der Waals surface area contributed by atoms with E-state index in [0.717, 1.165) is 53.9 Å². The molecule has 0 saturated heterocycles. The minimum Gasteiger partial charge on any atom is -0.260 e. The van der Waals surface area contributed by atoms with Gasteiger partial charge in [-0.1, -0.05) is 71.1 Å². The first-order chi connectivity index (χ1) is 18.0. The van der Waals surface area contributed by atoms with Gasteiger partial charge in [-0.3, -0.25) is 4.18 Å². The van der Waals surface area contributed by atoms with Gasteiger partial charge in [-0.15, -0.1) is 0 Å². The van der Waals surface area contributed by atoms with Gasteiger partial charge in [-0.2, -0.15) is 8.42 Å². The van der Waals surface area contributed by atoms with E-state index < -0.39 is 15.7 Å². The van der Waals surface area contributed by atoms with Crippen molar-refractivity contribution in [3.8, 4) is 0 Å².